The summed E-state index contributed by atoms with van der Waals surface area (Å²) in [4.78, 5) is 4.49. The molecule has 2 rings (SSSR count). The Morgan fingerprint density at radius 2 is 1.93 bits per heavy atom. The van der Waals surface area contributed by atoms with Gasteiger partial charge in [-0.25, -0.2) is 0 Å². The highest BCUT2D eigenvalue weighted by molar-refractivity contribution is 5.92. The van der Waals surface area contributed by atoms with Crippen LogP contribution in [-0.2, 0) is 0 Å². The van der Waals surface area contributed by atoms with Crippen LogP contribution < -0.4 is 5.73 Å². The minimum atomic E-state index is 0.494. The van der Waals surface area contributed by atoms with E-state index in [1.54, 1.807) is 0 Å². The van der Waals surface area contributed by atoms with Crippen LogP contribution in [0.3, 0.4) is 0 Å². The summed E-state index contributed by atoms with van der Waals surface area (Å²) in [5.41, 5.74) is 7.34. The van der Waals surface area contributed by atoms with Gasteiger partial charge in [0.15, 0.2) is 0 Å². The highest BCUT2D eigenvalue weighted by Crippen LogP contribution is 2.25. The third kappa shape index (κ3) is 2.60. The fourth-order valence-corrected chi connectivity index (χ4v) is 2.47. The fourth-order valence-electron chi connectivity index (χ4n) is 2.47. The highest BCUT2D eigenvalue weighted by atomic mass is 14.9. The van der Waals surface area contributed by atoms with Crippen molar-refractivity contribution >= 4 is 5.84 Å². The van der Waals surface area contributed by atoms with Gasteiger partial charge in [0, 0.05) is 0 Å². The summed E-state index contributed by atoms with van der Waals surface area (Å²) >= 11 is 0. The van der Waals surface area contributed by atoms with Crippen molar-refractivity contribution < 1.29 is 0 Å². The van der Waals surface area contributed by atoms with Crippen LogP contribution in [0.5, 0.6) is 0 Å². The molecule has 2 nitrogen and oxygen atoms in total. The van der Waals surface area contributed by atoms with Gasteiger partial charge >= 0.3 is 0 Å². The zero-order chi connectivity index (χ0) is 9.80. The van der Waals surface area contributed by atoms with E-state index in [2.05, 4.69) is 11.1 Å². The number of aliphatic imine (C=N–C) groups is 1. The monoisotopic (exact) mass is 192 g/mol. The lowest BCUT2D eigenvalue weighted by atomic mass is 9.92. The van der Waals surface area contributed by atoms with Gasteiger partial charge in [-0.1, -0.05) is 31.3 Å². The highest BCUT2D eigenvalue weighted by Gasteiger charge is 2.15. The molecule has 14 heavy (non-hydrogen) atoms. The molecule has 1 aliphatic heterocycles. The molecule has 1 saturated carbocycles. The molecule has 0 radical (unpaired) electrons. The van der Waals surface area contributed by atoms with E-state index in [9.17, 15) is 0 Å². The van der Waals surface area contributed by atoms with Crippen molar-refractivity contribution in [1.82, 2.24) is 0 Å². The van der Waals surface area contributed by atoms with Gasteiger partial charge in [0.2, 0.25) is 0 Å². The normalized spacial score (nSPS) is 29.0. The Kier molecular flexibility index (Phi) is 3.22. The van der Waals surface area contributed by atoms with Crippen LogP contribution in [0.15, 0.2) is 16.6 Å². The van der Waals surface area contributed by atoms with Gasteiger partial charge in [0.05, 0.1) is 6.04 Å². The van der Waals surface area contributed by atoms with E-state index < -0.39 is 0 Å². The van der Waals surface area contributed by atoms with Crippen molar-refractivity contribution in [3.8, 4) is 0 Å². The fraction of sp³-hybridized carbons (Fsp3) is 0.750. The van der Waals surface area contributed by atoms with E-state index in [1.807, 2.05) is 0 Å². The van der Waals surface area contributed by atoms with Crippen LogP contribution in [0.1, 0.15) is 51.4 Å². The summed E-state index contributed by atoms with van der Waals surface area (Å²) in [6, 6.07) is 0.494. The number of fused-ring (bicyclic) bond motifs is 2. The van der Waals surface area contributed by atoms with E-state index in [0.29, 0.717) is 6.04 Å². The molecule has 1 unspecified atom stereocenters. The molecule has 78 valence electrons. The standard InChI is InChI=1S/C12H20N2/c13-12-9-10-6-4-2-1-3-5-7-11(8-10)14-12/h9,11H,1-8H2,(H2,13,14). The van der Waals surface area contributed by atoms with Gasteiger partial charge in [0.25, 0.3) is 0 Å². The SMILES string of the molecule is NC1=NC2CCCCCCCC(=C1)C2. The topological polar surface area (TPSA) is 38.4 Å². The molecule has 0 aromatic rings. The Hall–Kier alpha value is -0.790. The molecule has 2 N–H and O–H groups in total. The van der Waals surface area contributed by atoms with Crippen molar-refractivity contribution in [3.63, 3.8) is 0 Å². The van der Waals surface area contributed by atoms with Crippen LogP contribution in [-0.4, -0.2) is 11.9 Å². The molecule has 2 heteroatoms. The van der Waals surface area contributed by atoms with E-state index >= 15 is 0 Å². The number of hydrogen-bond donors (Lipinski definition) is 1. The second kappa shape index (κ2) is 4.63. The number of nitrogens with zero attached hydrogens (tertiary/aromatic N) is 1. The molecule has 1 atom stereocenters. The maximum absolute atomic E-state index is 5.81. The molecule has 0 aromatic carbocycles. The van der Waals surface area contributed by atoms with E-state index in [1.165, 1.54) is 56.9 Å². The lowest BCUT2D eigenvalue weighted by Gasteiger charge is -2.21. The Morgan fingerprint density at radius 1 is 1.14 bits per heavy atom. The number of hydrogen-bond acceptors (Lipinski definition) is 2. The largest absolute Gasteiger partial charge is 0.384 e. The molecule has 0 saturated heterocycles. The lowest BCUT2D eigenvalue weighted by Crippen LogP contribution is -2.21. The third-order valence-electron chi connectivity index (χ3n) is 3.22. The van der Waals surface area contributed by atoms with E-state index in [4.69, 9.17) is 5.73 Å². The predicted molar refractivity (Wildman–Crippen MR) is 60.4 cm³/mol. The molecule has 1 heterocycles. The summed E-state index contributed by atoms with van der Waals surface area (Å²) in [5, 5.41) is 0. The van der Waals surface area contributed by atoms with Crippen molar-refractivity contribution in [2.24, 2.45) is 10.7 Å². The number of dihydropyridines is 1. The molecule has 2 bridgehead atoms. The Balaban J connectivity index is 2.03. The van der Waals surface area contributed by atoms with E-state index in [0.717, 1.165) is 5.84 Å². The first-order valence-corrected chi connectivity index (χ1v) is 5.87. The number of nitrogens with two attached hydrogens (primary N) is 1. The van der Waals surface area contributed by atoms with Crippen LogP contribution in [0.4, 0.5) is 0 Å². The molecule has 0 spiro atoms. The van der Waals surface area contributed by atoms with Gasteiger partial charge in [-0.05, 0) is 31.8 Å². The zero-order valence-electron chi connectivity index (χ0n) is 8.84. The molecule has 0 amide bonds. The van der Waals surface area contributed by atoms with Crippen LogP contribution in [0.25, 0.3) is 0 Å². The maximum Gasteiger partial charge on any atom is 0.118 e. The first kappa shape index (κ1) is 9.75. The molecule has 0 aromatic heterocycles. The van der Waals surface area contributed by atoms with Crippen LogP contribution in [0, 0.1) is 0 Å². The zero-order valence-corrected chi connectivity index (χ0v) is 8.84. The number of amidine groups is 1. The summed E-state index contributed by atoms with van der Waals surface area (Å²) in [6.45, 7) is 0. The van der Waals surface area contributed by atoms with Gasteiger partial charge in [-0.2, -0.15) is 0 Å². The second-order valence-corrected chi connectivity index (χ2v) is 4.52. The summed E-state index contributed by atoms with van der Waals surface area (Å²) < 4.78 is 0. The first-order chi connectivity index (χ1) is 6.84. The quantitative estimate of drug-likeness (QED) is 0.629. The molecule has 2 aliphatic rings. The summed E-state index contributed by atoms with van der Waals surface area (Å²) in [6.07, 6.45) is 12.6. The third-order valence-corrected chi connectivity index (χ3v) is 3.22. The van der Waals surface area contributed by atoms with Crippen molar-refractivity contribution in [2.45, 2.75) is 57.4 Å². The lowest BCUT2D eigenvalue weighted by molar-refractivity contribution is 0.504. The minimum absolute atomic E-state index is 0.494. The van der Waals surface area contributed by atoms with Gasteiger partial charge in [-0.15, -0.1) is 0 Å². The van der Waals surface area contributed by atoms with Crippen molar-refractivity contribution in [3.05, 3.63) is 11.6 Å². The van der Waals surface area contributed by atoms with Crippen LogP contribution in [0.2, 0.25) is 0 Å². The molecule has 1 aliphatic carbocycles. The Bertz CT molecular complexity index is 253. The van der Waals surface area contributed by atoms with Gasteiger partial charge in [0.1, 0.15) is 5.84 Å². The van der Waals surface area contributed by atoms with Gasteiger partial charge < -0.3 is 5.73 Å². The average Bonchev–Trinajstić information content (AvgIpc) is 2.15. The summed E-state index contributed by atoms with van der Waals surface area (Å²) in [7, 11) is 0. The maximum atomic E-state index is 5.81. The smallest absolute Gasteiger partial charge is 0.118 e. The van der Waals surface area contributed by atoms with E-state index in [-0.39, 0.29) is 0 Å². The minimum Gasteiger partial charge on any atom is -0.384 e. The van der Waals surface area contributed by atoms with Crippen LogP contribution >= 0.6 is 0 Å². The number of rotatable bonds is 0. The van der Waals surface area contributed by atoms with Gasteiger partial charge in [-0.3, -0.25) is 4.99 Å². The predicted octanol–water partition coefficient (Wildman–Crippen LogP) is 2.79. The molecular weight excluding hydrogens is 172 g/mol. The average molecular weight is 192 g/mol. The van der Waals surface area contributed by atoms with Crippen molar-refractivity contribution in [1.29, 1.82) is 0 Å². The van der Waals surface area contributed by atoms with Crippen molar-refractivity contribution in [2.75, 3.05) is 0 Å². The Morgan fingerprint density at radius 3 is 2.86 bits per heavy atom. The first-order valence-electron chi connectivity index (χ1n) is 5.87. The molecular formula is C12H20N2. The Labute approximate surface area is 86.3 Å². The molecule has 1 fully saturated rings. The second-order valence-electron chi connectivity index (χ2n) is 4.52. The summed E-state index contributed by atoms with van der Waals surface area (Å²) in [5.74, 6) is 0.761.